The summed E-state index contributed by atoms with van der Waals surface area (Å²) in [5.41, 5.74) is 2.17. The van der Waals surface area contributed by atoms with Gasteiger partial charge in [-0.3, -0.25) is 4.99 Å². The molecule has 3 aromatic rings. The molecule has 0 aliphatic carbocycles. The van der Waals surface area contributed by atoms with Gasteiger partial charge >= 0.3 is 0 Å². The third-order valence-electron chi connectivity index (χ3n) is 5.32. The first-order chi connectivity index (χ1) is 14.5. The molecule has 30 heavy (non-hydrogen) atoms. The average Bonchev–Trinajstić information content (AvgIpc) is 3.17. The number of ether oxygens (including phenoxy) is 1. The number of guanidine groups is 1. The van der Waals surface area contributed by atoms with Crippen molar-refractivity contribution in [3.63, 3.8) is 0 Å². The van der Waals surface area contributed by atoms with E-state index in [4.69, 9.17) is 4.74 Å². The predicted octanol–water partition coefficient (Wildman–Crippen LogP) is 3.90. The molecule has 0 bridgehead atoms. The molecule has 0 spiro atoms. The van der Waals surface area contributed by atoms with E-state index in [1.165, 1.54) is 5.56 Å². The standard InChI is InChI=1S/C24H29N5O/c1-24(2)15-20(19-11-7-8-12-21(19)30-24)28-23(25-3)27-16-22-26-13-14-29(22)17-18-9-5-4-6-10-18/h4-14,20H,15-17H2,1-3H3,(H2,25,27,28). The van der Waals surface area contributed by atoms with E-state index in [2.05, 4.69) is 69.4 Å². The molecule has 156 valence electrons. The fraction of sp³-hybridized carbons (Fsp3) is 0.333. The summed E-state index contributed by atoms with van der Waals surface area (Å²) < 4.78 is 8.30. The maximum atomic E-state index is 6.14. The highest BCUT2D eigenvalue weighted by Gasteiger charge is 2.33. The van der Waals surface area contributed by atoms with Crippen molar-refractivity contribution >= 4 is 5.96 Å². The van der Waals surface area contributed by atoms with Crippen molar-refractivity contribution in [3.8, 4) is 5.75 Å². The Morgan fingerprint density at radius 3 is 2.73 bits per heavy atom. The van der Waals surface area contributed by atoms with Gasteiger partial charge in [0.1, 0.15) is 17.2 Å². The van der Waals surface area contributed by atoms with E-state index in [1.54, 1.807) is 7.05 Å². The second-order valence-electron chi connectivity index (χ2n) is 8.18. The number of rotatable bonds is 5. The van der Waals surface area contributed by atoms with E-state index in [1.807, 2.05) is 36.7 Å². The number of nitrogens with zero attached hydrogens (tertiary/aromatic N) is 3. The first kappa shape index (κ1) is 20.0. The molecule has 6 nitrogen and oxygen atoms in total. The summed E-state index contributed by atoms with van der Waals surface area (Å²) in [4.78, 5) is 8.95. The Kier molecular flexibility index (Phi) is 5.74. The quantitative estimate of drug-likeness (QED) is 0.501. The molecule has 2 aromatic carbocycles. The lowest BCUT2D eigenvalue weighted by Crippen LogP contribution is -2.45. The Bertz CT molecular complexity index is 1010. The van der Waals surface area contributed by atoms with E-state index < -0.39 is 0 Å². The lowest BCUT2D eigenvalue weighted by atomic mass is 9.90. The highest BCUT2D eigenvalue weighted by atomic mass is 16.5. The summed E-state index contributed by atoms with van der Waals surface area (Å²) in [5, 5.41) is 6.99. The number of fused-ring (bicyclic) bond motifs is 1. The zero-order valence-electron chi connectivity index (χ0n) is 17.8. The minimum atomic E-state index is -0.239. The van der Waals surface area contributed by atoms with Crippen LogP contribution in [-0.4, -0.2) is 28.2 Å². The molecular weight excluding hydrogens is 374 g/mol. The van der Waals surface area contributed by atoms with Crippen LogP contribution >= 0.6 is 0 Å². The summed E-state index contributed by atoms with van der Waals surface area (Å²) in [5.74, 6) is 2.65. The fourth-order valence-electron chi connectivity index (χ4n) is 3.88. The Morgan fingerprint density at radius 2 is 1.93 bits per heavy atom. The van der Waals surface area contributed by atoms with Gasteiger partial charge in [-0.15, -0.1) is 0 Å². The van der Waals surface area contributed by atoms with Gasteiger partial charge in [-0.1, -0.05) is 48.5 Å². The molecule has 2 N–H and O–H groups in total. The predicted molar refractivity (Wildman–Crippen MR) is 120 cm³/mol. The number of para-hydroxylation sites is 1. The van der Waals surface area contributed by atoms with Crippen LogP contribution < -0.4 is 15.4 Å². The fourth-order valence-corrected chi connectivity index (χ4v) is 3.88. The van der Waals surface area contributed by atoms with Gasteiger partial charge in [-0.05, 0) is 25.5 Å². The van der Waals surface area contributed by atoms with Gasteiger partial charge in [-0.2, -0.15) is 0 Å². The Labute approximate surface area is 178 Å². The van der Waals surface area contributed by atoms with Crippen LogP contribution in [-0.2, 0) is 13.1 Å². The van der Waals surface area contributed by atoms with Crippen LogP contribution in [0.1, 0.15) is 43.3 Å². The minimum Gasteiger partial charge on any atom is -0.487 e. The lowest BCUT2D eigenvalue weighted by Gasteiger charge is -2.38. The van der Waals surface area contributed by atoms with E-state index in [-0.39, 0.29) is 11.6 Å². The average molecular weight is 404 g/mol. The summed E-state index contributed by atoms with van der Waals surface area (Å²) in [6.07, 6.45) is 4.71. The zero-order chi connectivity index (χ0) is 21.0. The minimum absolute atomic E-state index is 0.125. The van der Waals surface area contributed by atoms with Crippen LogP contribution in [0.5, 0.6) is 5.75 Å². The SMILES string of the molecule is CN=C(NCc1nccn1Cc1ccccc1)NC1CC(C)(C)Oc2ccccc21. The second-order valence-corrected chi connectivity index (χ2v) is 8.18. The molecular formula is C24H29N5O. The summed E-state index contributed by atoms with van der Waals surface area (Å²) in [6, 6.07) is 18.7. The Morgan fingerprint density at radius 1 is 1.17 bits per heavy atom. The first-order valence-corrected chi connectivity index (χ1v) is 10.3. The summed E-state index contributed by atoms with van der Waals surface area (Å²) in [6.45, 7) is 5.63. The molecule has 2 heterocycles. The van der Waals surface area contributed by atoms with Gasteiger partial charge in [0, 0.05) is 38.0 Å². The third kappa shape index (κ3) is 4.64. The Hall–Kier alpha value is -3.28. The number of hydrogen-bond acceptors (Lipinski definition) is 3. The van der Waals surface area contributed by atoms with Crippen molar-refractivity contribution in [1.82, 2.24) is 20.2 Å². The molecule has 1 aliphatic heterocycles. The number of aliphatic imine (C=N–C) groups is 1. The van der Waals surface area contributed by atoms with Crippen molar-refractivity contribution < 1.29 is 4.74 Å². The molecule has 1 atom stereocenters. The zero-order valence-corrected chi connectivity index (χ0v) is 17.8. The molecule has 1 aliphatic rings. The number of nitrogens with one attached hydrogen (secondary N) is 2. The molecule has 1 aromatic heterocycles. The molecule has 0 saturated carbocycles. The maximum absolute atomic E-state index is 6.14. The summed E-state index contributed by atoms with van der Waals surface area (Å²) in [7, 11) is 1.79. The molecule has 4 rings (SSSR count). The molecule has 1 unspecified atom stereocenters. The van der Waals surface area contributed by atoms with Gasteiger partial charge in [0.05, 0.1) is 12.6 Å². The van der Waals surface area contributed by atoms with E-state index in [0.29, 0.717) is 6.54 Å². The van der Waals surface area contributed by atoms with E-state index >= 15 is 0 Å². The molecule has 6 heteroatoms. The van der Waals surface area contributed by atoms with Crippen molar-refractivity contribution in [2.75, 3.05) is 7.05 Å². The topological polar surface area (TPSA) is 63.5 Å². The van der Waals surface area contributed by atoms with Crippen molar-refractivity contribution in [2.45, 2.75) is 45.0 Å². The molecule has 0 saturated heterocycles. The monoisotopic (exact) mass is 403 g/mol. The number of hydrogen-bond donors (Lipinski definition) is 2. The van der Waals surface area contributed by atoms with Gasteiger partial charge in [-0.25, -0.2) is 4.98 Å². The van der Waals surface area contributed by atoms with E-state index in [0.717, 1.165) is 36.1 Å². The Balaban J connectivity index is 1.43. The highest BCUT2D eigenvalue weighted by molar-refractivity contribution is 5.80. The molecule has 0 fully saturated rings. The van der Waals surface area contributed by atoms with Crippen molar-refractivity contribution in [3.05, 3.63) is 83.9 Å². The van der Waals surface area contributed by atoms with Crippen LogP contribution in [0.3, 0.4) is 0 Å². The van der Waals surface area contributed by atoms with E-state index in [9.17, 15) is 0 Å². The van der Waals surface area contributed by atoms with Crippen LogP contribution in [0.2, 0.25) is 0 Å². The van der Waals surface area contributed by atoms with Gasteiger partial charge < -0.3 is 19.9 Å². The first-order valence-electron chi connectivity index (χ1n) is 10.3. The van der Waals surface area contributed by atoms with Gasteiger partial charge in [0.2, 0.25) is 0 Å². The number of benzene rings is 2. The number of imidazole rings is 1. The second kappa shape index (κ2) is 8.61. The van der Waals surface area contributed by atoms with Crippen LogP contribution in [0.15, 0.2) is 72.0 Å². The van der Waals surface area contributed by atoms with Gasteiger partial charge in [0.15, 0.2) is 5.96 Å². The van der Waals surface area contributed by atoms with Crippen molar-refractivity contribution in [1.29, 1.82) is 0 Å². The smallest absolute Gasteiger partial charge is 0.191 e. The maximum Gasteiger partial charge on any atom is 0.191 e. The summed E-state index contributed by atoms with van der Waals surface area (Å²) >= 11 is 0. The lowest BCUT2D eigenvalue weighted by molar-refractivity contribution is 0.0694. The molecule has 0 radical (unpaired) electrons. The van der Waals surface area contributed by atoms with Crippen molar-refractivity contribution in [2.24, 2.45) is 4.99 Å². The number of aromatic nitrogens is 2. The van der Waals surface area contributed by atoms with Gasteiger partial charge in [0.25, 0.3) is 0 Å². The third-order valence-corrected chi connectivity index (χ3v) is 5.32. The molecule has 0 amide bonds. The highest BCUT2D eigenvalue weighted by Crippen LogP contribution is 2.39. The van der Waals surface area contributed by atoms with Crippen LogP contribution in [0.4, 0.5) is 0 Å². The largest absolute Gasteiger partial charge is 0.487 e. The normalized spacial score (nSPS) is 17.7. The van der Waals surface area contributed by atoms with Crippen LogP contribution in [0, 0.1) is 0 Å². The van der Waals surface area contributed by atoms with Crippen LogP contribution in [0.25, 0.3) is 0 Å².